The summed E-state index contributed by atoms with van der Waals surface area (Å²) in [5, 5.41) is 0. The zero-order chi connectivity index (χ0) is 45.6. The van der Waals surface area contributed by atoms with Gasteiger partial charge < -0.3 is 28.4 Å². The van der Waals surface area contributed by atoms with E-state index in [-0.39, 0.29) is 30.5 Å². The molecule has 0 unspecified atom stereocenters. The molecular weight excluding hydrogens is 781 g/mol. The Morgan fingerprint density at radius 2 is 0.852 bits per heavy atom. The fourth-order valence-electron chi connectivity index (χ4n) is 5.93. The number of carbonyl (C=O) groups is 5. The normalized spacial score (nSPS) is 10.5. The Morgan fingerprint density at radius 3 is 1.23 bits per heavy atom. The molecule has 0 saturated carbocycles. The third kappa shape index (κ3) is 28.0. The van der Waals surface area contributed by atoms with Crippen molar-refractivity contribution >= 4 is 29.8 Å². The molecule has 0 N–H and O–H groups in total. The van der Waals surface area contributed by atoms with E-state index < -0.39 is 35.8 Å². The van der Waals surface area contributed by atoms with E-state index in [0.29, 0.717) is 12.8 Å². The molecule has 0 spiro atoms. The van der Waals surface area contributed by atoms with E-state index in [4.69, 9.17) is 33.2 Å². The number of benzene rings is 1. The van der Waals surface area contributed by atoms with Crippen LogP contribution in [0.25, 0.3) is 0 Å². The number of esters is 5. The number of unbranched alkanes of at least 4 members (excludes halogenated alkanes) is 18. The lowest BCUT2D eigenvalue weighted by Gasteiger charge is -2.31. The number of hydrogen-bond donors (Lipinski definition) is 0. The number of aryl methyl sites for hydroxylation is 1. The lowest BCUT2D eigenvalue weighted by molar-refractivity contribution is -0.361. The van der Waals surface area contributed by atoms with Gasteiger partial charge in [0.05, 0.1) is 12.7 Å². The molecule has 0 aromatic heterocycles. The van der Waals surface area contributed by atoms with Gasteiger partial charge in [0, 0.05) is 30.4 Å². The Kier molecular flexibility index (Phi) is 33.5. The van der Waals surface area contributed by atoms with E-state index in [9.17, 15) is 24.0 Å². The van der Waals surface area contributed by atoms with Crippen LogP contribution in [-0.4, -0.2) is 42.6 Å². The number of carbonyl (C=O) groups excluding carboxylic acids is 5. The fraction of sp³-hybridized carbons (Fsp3) is 0.531. The molecule has 340 valence electrons. The molecule has 1 aromatic rings. The SMILES string of the molecule is C=CC(=O)Oc1cc(CCCCCCCCCCCC)cc(OC(=O)C=C)c1OC(=O)C=C.C=COCOC(CCCCCCCCCCCC)(OC(=O)C=C)OC(=O)C=C. The summed E-state index contributed by atoms with van der Waals surface area (Å²) >= 11 is 0. The maximum Gasteiger partial charge on any atom is 0.379 e. The molecule has 12 heteroatoms. The van der Waals surface area contributed by atoms with Crippen LogP contribution in [0.4, 0.5) is 0 Å². The van der Waals surface area contributed by atoms with Gasteiger partial charge in [-0.25, -0.2) is 24.0 Å². The first kappa shape index (κ1) is 55.8. The summed E-state index contributed by atoms with van der Waals surface area (Å²) < 4.78 is 36.5. The topological polar surface area (TPSA) is 150 Å². The minimum atomic E-state index is -1.88. The Balaban J connectivity index is 0.00000120. The molecule has 0 radical (unpaired) electrons. The van der Waals surface area contributed by atoms with E-state index in [0.717, 1.165) is 74.5 Å². The second-order valence-corrected chi connectivity index (χ2v) is 14.2. The van der Waals surface area contributed by atoms with Crippen molar-refractivity contribution in [3.05, 3.63) is 93.8 Å². The van der Waals surface area contributed by atoms with Gasteiger partial charge in [-0.2, -0.15) is 0 Å². The summed E-state index contributed by atoms with van der Waals surface area (Å²) in [5.74, 6) is -5.91. The average molecular weight is 853 g/mol. The second kappa shape index (κ2) is 36.6. The Morgan fingerprint density at radius 1 is 0.492 bits per heavy atom. The zero-order valence-electron chi connectivity index (χ0n) is 37.0. The summed E-state index contributed by atoms with van der Waals surface area (Å²) in [4.78, 5) is 58.8. The number of rotatable bonds is 36. The first-order valence-electron chi connectivity index (χ1n) is 21.7. The van der Waals surface area contributed by atoms with Gasteiger partial charge >= 0.3 is 35.8 Å². The van der Waals surface area contributed by atoms with Crippen molar-refractivity contribution in [1.82, 2.24) is 0 Å². The molecule has 12 nitrogen and oxygen atoms in total. The van der Waals surface area contributed by atoms with Crippen molar-refractivity contribution in [3.8, 4) is 17.2 Å². The van der Waals surface area contributed by atoms with E-state index in [1.807, 2.05) is 0 Å². The molecule has 1 aromatic carbocycles. The predicted octanol–water partition coefficient (Wildman–Crippen LogP) is 12.0. The number of ether oxygens (including phenoxy) is 7. The largest absolute Gasteiger partial charge is 0.475 e. The van der Waals surface area contributed by atoms with Gasteiger partial charge in [-0.05, 0) is 37.0 Å². The van der Waals surface area contributed by atoms with Gasteiger partial charge in [-0.15, -0.1) is 0 Å². The van der Waals surface area contributed by atoms with Crippen molar-refractivity contribution < 1.29 is 57.1 Å². The van der Waals surface area contributed by atoms with Crippen molar-refractivity contribution in [3.63, 3.8) is 0 Å². The second-order valence-electron chi connectivity index (χ2n) is 14.2. The maximum atomic E-state index is 11.8. The lowest BCUT2D eigenvalue weighted by atomic mass is 10.0. The highest BCUT2D eigenvalue weighted by atomic mass is 16.9. The fourth-order valence-corrected chi connectivity index (χ4v) is 5.93. The van der Waals surface area contributed by atoms with Gasteiger partial charge in [-0.1, -0.05) is 169 Å². The van der Waals surface area contributed by atoms with Crippen molar-refractivity contribution in [1.29, 1.82) is 0 Å². The van der Waals surface area contributed by atoms with Gasteiger partial charge in [0.2, 0.25) is 5.75 Å². The molecule has 0 bridgehead atoms. The van der Waals surface area contributed by atoms with Crippen LogP contribution in [-0.2, 0) is 49.3 Å². The van der Waals surface area contributed by atoms with E-state index in [1.165, 1.54) is 89.7 Å². The first-order chi connectivity index (χ1) is 29.5. The molecule has 0 saturated heterocycles. The molecule has 0 amide bonds. The Hall–Kier alpha value is -5.23. The molecule has 0 fully saturated rings. The summed E-state index contributed by atoms with van der Waals surface area (Å²) in [7, 11) is 0. The molecule has 0 aliphatic rings. The van der Waals surface area contributed by atoms with E-state index >= 15 is 0 Å². The maximum absolute atomic E-state index is 11.8. The monoisotopic (exact) mass is 853 g/mol. The Bertz CT molecular complexity index is 1450. The predicted molar refractivity (Wildman–Crippen MR) is 238 cm³/mol. The molecule has 0 aliphatic carbocycles. The quantitative estimate of drug-likeness (QED) is 0.0158. The lowest BCUT2D eigenvalue weighted by Crippen LogP contribution is -2.43. The van der Waals surface area contributed by atoms with Gasteiger partial charge in [0.15, 0.2) is 18.3 Å². The van der Waals surface area contributed by atoms with Gasteiger partial charge in [0.1, 0.15) is 0 Å². The average Bonchev–Trinajstić information content (AvgIpc) is 3.25. The van der Waals surface area contributed by atoms with Crippen molar-refractivity contribution in [2.45, 2.75) is 161 Å². The third-order valence-electron chi connectivity index (χ3n) is 9.17. The van der Waals surface area contributed by atoms with Gasteiger partial charge in [0.25, 0.3) is 0 Å². The molecule has 1 rings (SSSR count). The van der Waals surface area contributed by atoms with Crippen LogP contribution in [0.5, 0.6) is 17.2 Å². The molecule has 61 heavy (non-hydrogen) atoms. The molecular formula is C49H72O12. The van der Waals surface area contributed by atoms with Crippen LogP contribution in [0.1, 0.15) is 154 Å². The molecule has 0 atom stereocenters. The van der Waals surface area contributed by atoms with E-state index in [1.54, 1.807) is 12.1 Å². The van der Waals surface area contributed by atoms with Crippen LogP contribution < -0.4 is 14.2 Å². The number of hydrogen-bond acceptors (Lipinski definition) is 12. The van der Waals surface area contributed by atoms with Crippen LogP contribution in [0, 0.1) is 0 Å². The minimum Gasteiger partial charge on any atom is -0.475 e. The van der Waals surface area contributed by atoms with Gasteiger partial charge in [-0.3, -0.25) is 4.74 Å². The Labute approximate surface area is 365 Å². The van der Waals surface area contributed by atoms with Crippen LogP contribution >= 0.6 is 0 Å². The smallest absolute Gasteiger partial charge is 0.379 e. The summed E-state index contributed by atoms with van der Waals surface area (Å²) in [6.45, 7) is 24.4. The van der Waals surface area contributed by atoms with Crippen LogP contribution in [0.15, 0.2) is 88.2 Å². The minimum absolute atomic E-state index is 0.0356. The van der Waals surface area contributed by atoms with Crippen molar-refractivity contribution in [2.24, 2.45) is 0 Å². The van der Waals surface area contributed by atoms with E-state index in [2.05, 4.69) is 53.3 Å². The zero-order valence-corrected chi connectivity index (χ0v) is 37.0. The summed E-state index contributed by atoms with van der Waals surface area (Å²) in [5.41, 5.74) is 0.784. The van der Waals surface area contributed by atoms with Crippen LogP contribution in [0.2, 0.25) is 0 Å². The van der Waals surface area contributed by atoms with Crippen LogP contribution in [0.3, 0.4) is 0 Å². The summed E-state index contributed by atoms with van der Waals surface area (Å²) in [6, 6.07) is 3.21. The highest BCUT2D eigenvalue weighted by Crippen LogP contribution is 2.40. The molecule has 0 aliphatic heterocycles. The highest BCUT2D eigenvalue weighted by molar-refractivity contribution is 5.88. The molecule has 0 heterocycles. The standard InChI is InChI=1S/C27H36O6.C22H36O6/c1-5-9-10-11-12-13-14-15-16-17-18-21-19-22(31-24(28)6-2)27(33-26(30)8-4)23(20-21)32-25(29)7-3;1-5-9-10-11-12-13-14-15-16-17-18-22(26-19-25-8-4,27-20(23)6-2)28-21(24)7-3/h6-8,19-20H,2-5,9-18H2,1H3;6-8H,2-5,9-19H2,1H3. The summed E-state index contributed by atoms with van der Waals surface area (Å²) in [6.07, 6.45) is 30.5. The highest BCUT2D eigenvalue weighted by Gasteiger charge is 2.39. The third-order valence-corrected chi connectivity index (χ3v) is 9.17. The van der Waals surface area contributed by atoms with Crippen molar-refractivity contribution in [2.75, 3.05) is 6.79 Å². The first-order valence-corrected chi connectivity index (χ1v) is 21.7.